The molecule has 0 aliphatic carbocycles. The van der Waals surface area contributed by atoms with Crippen molar-refractivity contribution in [3.05, 3.63) is 51.5 Å². The lowest BCUT2D eigenvalue weighted by atomic mass is 10.2. The number of carbonyl (C=O) groups is 1. The van der Waals surface area contributed by atoms with Gasteiger partial charge in [-0.3, -0.25) is 4.68 Å². The summed E-state index contributed by atoms with van der Waals surface area (Å²) < 4.78 is 12.8. The fraction of sp³-hybridized carbons (Fsp3) is 0.368. The van der Waals surface area contributed by atoms with Crippen LogP contribution in [0.3, 0.4) is 0 Å². The minimum atomic E-state index is -0.292. The first-order valence-corrected chi connectivity index (χ1v) is 9.80. The highest BCUT2D eigenvalue weighted by Gasteiger charge is 2.21. The van der Waals surface area contributed by atoms with Gasteiger partial charge in [-0.25, -0.2) is 4.79 Å². The molecule has 2 aromatic heterocycles. The van der Waals surface area contributed by atoms with Crippen molar-refractivity contribution >= 4 is 39.1 Å². The summed E-state index contributed by atoms with van der Waals surface area (Å²) in [5, 5.41) is 6.30. The van der Waals surface area contributed by atoms with Crippen LogP contribution >= 0.6 is 22.9 Å². The van der Waals surface area contributed by atoms with Crippen LogP contribution < -0.4 is 0 Å². The van der Waals surface area contributed by atoms with E-state index in [1.807, 2.05) is 41.9 Å². The maximum Gasteiger partial charge on any atom is 0.348 e. The third kappa shape index (κ3) is 3.63. The number of aryl methyl sites for hydroxylation is 1. The number of thiophene rings is 1. The van der Waals surface area contributed by atoms with Gasteiger partial charge in [0, 0.05) is 17.0 Å². The molecular formula is C19H19ClN2O3S. The Kier molecular flexibility index (Phi) is 4.98. The number of nitrogens with zero attached hydrogens (tertiary/aromatic N) is 2. The second-order valence-electron chi connectivity index (χ2n) is 6.43. The van der Waals surface area contributed by atoms with Crippen molar-refractivity contribution in [2.75, 3.05) is 13.2 Å². The van der Waals surface area contributed by atoms with Crippen LogP contribution in [0.2, 0.25) is 5.02 Å². The maximum atomic E-state index is 12.4. The first-order chi connectivity index (χ1) is 12.6. The summed E-state index contributed by atoms with van der Waals surface area (Å²) in [7, 11) is 0. The molecular weight excluding hydrogens is 372 g/mol. The molecule has 0 radical (unpaired) electrons. The number of carbonyl (C=O) groups excluding carboxylic acids is 1. The monoisotopic (exact) mass is 390 g/mol. The molecule has 3 aromatic rings. The van der Waals surface area contributed by atoms with Gasteiger partial charge in [-0.15, -0.1) is 11.3 Å². The minimum absolute atomic E-state index is 0.0375. The van der Waals surface area contributed by atoms with Crippen LogP contribution in [0.15, 0.2) is 30.3 Å². The van der Waals surface area contributed by atoms with Gasteiger partial charge in [0.2, 0.25) is 0 Å². The van der Waals surface area contributed by atoms with Gasteiger partial charge in [-0.2, -0.15) is 5.10 Å². The van der Waals surface area contributed by atoms with E-state index in [1.54, 1.807) is 0 Å². The molecule has 136 valence electrons. The van der Waals surface area contributed by atoms with Crippen molar-refractivity contribution in [1.82, 2.24) is 9.78 Å². The lowest BCUT2D eigenvalue weighted by Crippen LogP contribution is -2.17. The van der Waals surface area contributed by atoms with E-state index in [-0.39, 0.29) is 12.1 Å². The molecule has 0 saturated carbocycles. The molecule has 0 amide bonds. The zero-order valence-electron chi connectivity index (χ0n) is 14.4. The molecule has 1 fully saturated rings. The predicted molar refractivity (Wildman–Crippen MR) is 102 cm³/mol. The van der Waals surface area contributed by atoms with Crippen LogP contribution in [0.25, 0.3) is 10.2 Å². The maximum absolute atomic E-state index is 12.4. The van der Waals surface area contributed by atoms with Crippen LogP contribution in [0.5, 0.6) is 0 Å². The number of rotatable bonds is 5. The Morgan fingerprint density at radius 2 is 2.23 bits per heavy atom. The lowest BCUT2D eigenvalue weighted by molar-refractivity contribution is 0.0165. The largest absolute Gasteiger partial charge is 0.459 e. The van der Waals surface area contributed by atoms with E-state index in [0.717, 1.165) is 40.9 Å². The van der Waals surface area contributed by atoms with Gasteiger partial charge in [-0.05, 0) is 43.5 Å². The van der Waals surface area contributed by atoms with Crippen LogP contribution in [-0.2, 0) is 16.0 Å². The Labute approximate surface area is 160 Å². The van der Waals surface area contributed by atoms with Crippen molar-refractivity contribution < 1.29 is 14.3 Å². The molecule has 1 unspecified atom stereocenters. The quantitative estimate of drug-likeness (QED) is 0.604. The predicted octanol–water partition coefficient (Wildman–Crippen LogP) is 4.44. The van der Waals surface area contributed by atoms with Gasteiger partial charge < -0.3 is 9.47 Å². The zero-order chi connectivity index (χ0) is 18.1. The summed E-state index contributed by atoms with van der Waals surface area (Å²) in [4.78, 5) is 13.9. The number of fused-ring (bicyclic) bond motifs is 1. The third-order valence-corrected chi connectivity index (χ3v) is 5.86. The molecule has 4 rings (SSSR count). The molecule has 26 heavy (non-hydrogen) atoms. The van der Waals surface area contributed by atoms with Crippen molar-refractivity contribution in [2.24, 2.45) is 0 Å². The van der Waals surface area contributed by atoms with Gasteiger partial charge in [0.05, 0.1) is 18.3 Å². The molecule has 1 aliphatic heterocycles. The highest BCUT2D eigenvalue weighted by atomic mass is 35.5. The SMILES string of the molecule is Cc1nn(Cc2ccc(Cl)cc2)c2sc(C(=O)OCC3CCCO3)cc12. The summed E-state index contributed by atoms with van der Waals surface area (Å²) in [6.45, 7) is 3.66. The van der Waals surface area contributed by atoms with E-state index >= 15 is 0 Å². The molecule has 1 atom stereocenters. The van der Waals surface area contributed by atoms with Gasteiger partial charge >= 0.3 is 5.97 Å². The number of hydrogen-bond acceptors (Lipinski definition) is 5. The summed E-state index contributed by atoms with van der Waals surface area (Å²) >= 11 is 7.36. The first-order valence-electron chi connectivity index (χ1n) is 8.60. The molecule has 0 bridgehead atoms. The third-order valence-electron chi connectivity index (χ3n) is 4.48. The highest BCUT2D eigenvalue weighted by Crippen LogP contribution is 2.29. The van der Waals surface area contributed by atoms with Crippen molar-refractivity contribution in [2.45, 2.75) is 32.4 Å². The average Bonchev–Trinajstić information content (AvgIpc) is 3.35. The lowest BCUT2D eigenvalue weighted by Gasteiger charge is -2.09. The molecule has 3 heterocycles. The average molecular weight is 391 g/mol. The molecule has 0 N–H and O–H groups in total. The standard InChI is InChI=1S/C19H19ClN2O3S/c1-12-16-9-17(19(23)25-11-15-3-2-8-24-15)26-18(16)22(21-12)10-13-4-6-14(20)7-5-13/h4-7,9,15H,2-3,8,10-11H2,1H3. The minimum Gasteiger partial charge on any atom is -0.459 e. The summed E-state index contributed by atoms with van der Waals surface area (Å²) in [6, 6.07) is 9.57. The van der Waals surface area contributed by atoms with Gasteiger partial charge in [0.1, 0.15) is 16.3 Å². The van der Waals surface area contributed by atoms with E-state index in [4.69, 9.17) is 21.1 Å². The van der Waals surface area contributed by atoms with Crippen molar-refractivity contribution in [3.63, 3.8) is 0 Å². The fourth-order valence-electron chi connectivity index (χ4n) is 3.10. The second-order valence-corrected chi connectivity index (χ2v) is 7.90. The Bertz CT molecular complexity index is 926. The first kappa shape index (κ1) is 17.5. The fourth-order valence-corrected chi connectivity index (χ4v) is 4.28. The number of hydrogen-bond donors (Lipinski definition) is 0. The smallest absolute Gasteiger partial charge is 0.348 e. The summed E-state index contributed by atoms with van der Waals surface area (Å²) in [5.74, 6) is -0.292. The number of ether oxygens (including phenoxy) is 2. The number of halogens is 1. The zero-order valence-corrected chi connectivity index (χ0v) is 16.0. The molecule has 0 spiro atoms. The van der Waals surface area contributed by atoms with E-state index in [2.05, 4.69) is 5.10 Å². The van der Waals surface area contributed by atoms with E-state index in [1.165, 1.54) is 11.3 Å². The van der Waals surface area contributed by atoms with E-state index in [0.29, 0.717) is 23.1 Å². The Morgan fingerprint density at radius 3 is 2.96 bits per heavy atom. The molecule has 1 aromatic carbocycles. The van der Waals surface area contributed by atoms with Gasteiger partial charge in [0.25, 0.3) is 0 Å². The normalized spacial score (nSPS) is 17.1. The van der Waals surface area contributed by atoms with Crippen molar-refractivity contribution in [3.8, 4) is 0 Å². The molecule has 5 nitrogen and oxygen atoms in total. The summed E-state index contributed by atoms with van der Waals surface area (Å²) in [5.41, 5.74) is 2.01. The molecule has 1 saturated heterocycles. The van der Waals surface area contributed by atoms with Crippen LogP contribution in [-0.4, -0.2) is 35.1 Å². The Morgan fingerprint density at radius 1 is 1.42 bits per heavy atom. The number of aromatic nitrogens is 2. The summed E-state index contributed by atoms with van der Waals surface area (Å²) in [6.07, 6.45) is 2.02. The molecule has 1 aliphatic rings. The topological polar surface area (TPSA) is 53.4 Å². The van der Waals surface area contributed by atoms with Gasteiger partial charge in [-0.1, -0.05) is 23.7 Å². The number of esters is 1. The highest BCUT2D eigenvalue weighted by molar-refractivity contribution is 7.20. The van der Waals surface area contributed by atoms with Crippen LogP contribution in [0.4, 0.5) is 0 Å². The van der Waals surface area contributed by atoms with E-state index < -0.39 is 0 Å². The van der Waals surface area contributed by atoms with Crippen molar-refractivity contribution in [1.29, 1.82) is 0 Å². The van der Waals surface area contributed by atoms with Gasteiger partial charge in [0.15, 0.2) is 0 Å². The second kappa shape index (κ2) is 7.39. The Hall–Kier alpha value is -1.89. The van der Waals surface area contributed by atoms with Crippen LogP contribution in [0.1, 0.15) is 33.8 Å². The van der Waals surface area contributed by atoms with Crippen LogP contribution in [0, 0.1) is 6.92 Å². The number of benzene rings is 1. The molecule has 7 heteroatoms. The Balaban J connectivity index is 1.52. The van der Waals surface area contributed by atoms with E-state index in [9.17, 15) is 4.79 Å².